The summed E-state index contributed by atoms with van der Waals surface area (Å²) in [5, 5.41) is 5.93. The highest BCUT2D eigenvalue weighted by Gasteiger charge is 2.36. The van der Waals surface area contributed by atoms with E-state index >= 15 is 0 Å². The van der Waals surface area contributed by atoms with Crippen LogP contribution in [-0.2, 0) is 14.3 Å². The molecule has 2 aromatic rings. The van der Waals surface area contributed by atoms with Gasteiger partial charge in [-0.3, -0.25) is 9.59 Å². The number of ether oxygens (including phenoxy) is 3. The van der Waals surface area contributed by atoms with E-state index in [1.54, 1.807) is 57.7 Å². The predicted molar refractivity (Wildman–Crippen MR) is 139 cm³/mol. The van der Waals surface area contributed by atoms with Gasteiger partial charge in [-0.1, -0.05) is 39.0 Å². The average molecular weight is 514 g/mol. The van der Waals surface area contributed by atoms with E-state index in [0.29, 0.717) is 28.3 Å². The van der Waals surface area contributed by atoms with Crippen molar-refractivity contribution in [3.8, 4) is 11.5 Å². The fourth-order valence-corrected chi connectivity index (χ4v) is 4.22. The van der Waals surface area contributed by atoms with Crippen molar-refractivity contribution in [3.05, 3.63) is 59.4 Å². The Bertz CT molecular complexity index is 1140. The van der Waals surface area contributed by atoms with E-state index in [1.165, 1.54) is 16.0 Å². The molecule has 1 aliphatic rings. The second-order valence-electron chi connectivity index (χ2n) is 10.1. The molecule has 9 heteroatoms. The van der Waals surface area contributed by atoms with Crippen LogP contribution in [0.4, 0.5) is 4.39 Å². The lowest BCUT2D eigenvalue weighted by Crippen LogP contribution is -2.43. The molecule has 1 unspecified atom stereocenters. The third-order valence-electron chi connectivity index (χ3n) is 6.08. The number of carbonyl (C=O) groups excluding carboxylic acids is 2. The van der Waals surface area contributed by atoms with Crippen LogP contribution in [0, 0.1) is 11.2 Å². The number of carbonyl (C=O) groups is 2. The quantitative estimate of drug-likeness (QED) is 0.470. The van der Waals surface area contributed by atoms with Gasteiger partial charge in [0.25, 0.3) is 5.91 Å². The maximum absolute atomic E-state index is 14.9. The van der Waals surface area contributed by atoms with E-state index in [4.69, 9.17) is 14.2 Å². The first-order valence-electron chi connectivity index (χ1n) is 12.2. The van der Waals surface area contributed by atoms with Gasteiger partial charge in [-0.25, -0.2) is 9.40 Å². The van der Waals surface area contributed by atoms with Crippen LogP contribution in [0.1, 0.15) is 50.8 Å². The van der Waals surface area contributed by atoms with Crippen molar-refractivity contribution in [1.82, 2.24) is 9.91 Å². The third kappa shape index (κ3) is 7.07. The number of hydrazone groups is 1. The second kappa shape index (κ2) is 12.2. The van der Waals surface area contributed by atoms with E-state index in [1.807, 2.05) is 20.8 Å². The van der Waals surface area contributed by atoms with Crippen LogP contribution in [0.15, 0.2) is 47.6 Å². The molecular weight excluding hydrogens is 477 g/mol. The molecule has 8 nitrogen and oxygen atoms in total. The van der Waals surface area contributed by atoms with Gasteiger partial charge in [0.15, 0.2) is 0 Å². The average Bonchev–Trinajstić information content (AvgIpc) is 3.30. The van der Waals surface area contributed by atoms with Crippen LogP contribution in [-0.4, -0.2) is 68.5 Å². The van der Waals surface area contributed by atoms with Crippen molar-refractivity contribution in [2.24, 2.45) is 10.5 Å². The van der Waals surface area contributed by atoms with Gasteiger partial charge >= 0.3 is 0 Å². The minimum atomic E-state index is -0.669. The van der Waals surface area contributed by atoms with Gasteiger partial charge in [0, 0.05) is 43.7 Å². The first-order valence-corrected chi connectivity index (χ1v) is 12.2. The Hall–Kier alpha value is -3.46. The SMILES string of the molecule is COCCN(CC(=O)N1N=C(c2ccc(OC)cc2OC)CC1c1ccccc1F)C(=O)CC(C)(C)C. The number of halogens is 1. The lowest BCUT2D eigenvalue weighted by atomic mass is 9.91. The molecule has 1 aliphatic heterocycles. The van der Waals surface area contributed by atoms with Crippen molar-refractivity contribution < 1.29 is 28.2 Å². The molecule has 0 N–H and O–H groups in total. The molecule has 2 amide bonds. The van der Waals surface area contributed by atoms with Crippen molar-refractivity contribution >= 4 is 17.5 Å². The van der Waals surface area contributed by atoms with Crippen LogP contribution in [0.25, 0.3) is 0 Å². The highest BCUT2D eigenvalue weighted by molar-refractivity contribution is 6.05. The third-order valence-corrected chi connectivity index (χ3v) is 6.08. The summed E-state index contributed by atoms with van der Waals surface area (Å²) in [6.45, 7) is 6.26. The van der Waals surface area contributed by atoms with Gasteiger partial charge in [-0.15, -0.1) is 0 Å². The molecule has 0 saturated carbocycles. The van der Waals surface area contributed by atoms with Gasteiger partial charge in [0.1, 0.15) is 23.9 Å². The summed E-state index contributed by atoms with van der Waals surface area (Å²) in [6.07, 6.45) is 0.557. The minimum Gasteiger partial charge on any atom is -0.497 e. The second-order valence-corrected chi connectivity index (χ2v) is 10.1. The van der Waals surface area contributed by atoms with Crippen molar-refractivity contribution in [2.75, 3.05) is 41.0 Å². The Kier molecular flexibility index (Phi) is 9.26. The van der Waals surface area contributed by atoms with Crippen molar-refractivity contribution in [3.63, 3.8) is 0 Å². The molecule has 0 bridgehead atoms. The number of nitrogens with zero attached hydrogens (tertiary/aromatic N) is 3. The molecule has 3 rings (SSSR count). The Morgan fingerprint density at radius 3 is 2.46 bits per heavy atom. The molecule has 0 aromatic heterocycles. The van der Waals surface area contributed by atoms with Gasteiger partial charge in [0.05, 0.1) is 32.6 Å². The summed E-state index contributed by atoms with van der Waals surface area (Å²) in [5.41, 5.74) is 1.36. The van der Waals surface area contributed by atoms with Gasteiger partial charge in [-0.2, -0.15) is 5.10 Å². The molecule has 37 heavy (non-hydrogen) atoms. The first kappa shape index (κ1) is 28.1. The maximum Gasteiger partial charge on any atom is 0.262 e. The standard InChI is InChI=1S/C28H36FN3O5/c1-28(2,3)17-26(33)31(13-14-35-4)18-27(34)32-24(20-9-7-8-10-22(20)29)16-23(30-32)21-12-11-19(36-5)15-25(21)37-6/h7-12,15,24H,13-14,16-18H2,1-6H3. The number of benzene rings is 2. The zero-order valence-electron chi connectivity index (χ0n) is 22.4. The summed E-state index contributed by atoms with van der Waals surface area (Å²) in [5.74, 6) is 0.156. The molecule has 1 heterocycles. The normalized spacial score (nSPS) is 15.4. The molecule has 0 fully saturated rings. The Labute approximate surface area is 218 Å². The fraction of sp³-hybridized carbons (Fsp3) is 0.464. The molecule has 0 radical (unpaired) electrons. The van der Waals surface area contributed by atoms with Gasteiger partial charge in [-0.05, 0) is 23.6 Å². The monoisotopic (exact) mass is 513 g/mol. The van der Waals surface area contributed by atoms with Gasteiger partial charge < -0.3 is 19.1 Å². The number of rotatable bonds is 10. The lowest BCUT2D eigenvalue weighted by Gasteiger charge is -2.29. The fourth-order valence-electron chi connectivity index (χ4n) is 4.22. The summed E-state index contributed by atoms with van der Waals surface area (Å²) >= 11 is 0. The summed E-state index contributed by atoms with van der Waals surface area (Å²) in [6, 6.07) is 11.0. The zero-order valence-corrected chi connectivity index (χ0v) is 22.4. The largest absolute Gasteiger partial charge is 0.497 e. The van der Waals surface area contributed by atoms with Crippen molar-refractivity contribution in [1.29, 1.82) is 0 Å². The predicted octanol–water partition coefficient (Wildman–Crippen LogP) is 4.43. The molecular formula is C28H36FN3O5. The summed E-state index contributed by atoms with van der Waals surface area (Å²) in [7, 11) is 4.65. The molecule has 0 saturated heterocycles. The number of hydrogen-bond donors (Lipinski definition) is 0. The number of hydrogen-bond acceptors (Lipinski definition) is 6. The summed E-state index contributed by atoms with van der Waals surface area (Å²) in [4.78, 5) is 28.1. The van der Waals surface area contributed by atoms with E-state index in [-0.39, 0.29) is 43.9 Å². The summed E-state index contributed by atoms with van der Waals surface area (Å²) < 4.78 is 30.9. The minimum absolute atomic E-state index is 0.152. The lowest BCUT2D eigenvalue weighted by molar-refractivity contribution is -0.143. The molecule has 2 aromatic carbocycles. The molecule has 0 spiro atoms. The van der Waals surface area contributed by atoms with E-state index in [0.717, 1.165) is 0 Å². The van der Waals surface area contributed by atoms with Crippen LogP contribution >= 0.6 is 0 Å². The van der Waals surface area contributed by atoms with Crippen LogP contribution in [0.3, 0.4) is 0 Å². The smallest absolute Gasteiger partial charge is 0.262 e. The molecule has 1 atom stereocenters. The van der Waals surface area contributed by atoms with Crippen LogP contribution in [0.2, 0.25) is 0 Å². The first-order chi connectivity index (χ1) is 17.6. The molecule has 0 aliphatic carbocycles. The van der Waals surface area contributed by atoms with Gasteiger partial charge in [0.2, 0.25) is 5.91 Å². The van der Waals surface area contributed by atoms with E-state index in [2.05, 4.69) is 5.10 Å². The molecule has 200 valence electrons. The topological polar surface area (TPSA) is 80.7 Å². The highest BCUT2D eigenvalue weighted by Crippen LogP contribution is 2.37. The Morgan fingerprint density at radius 1 is 1.11 bits per heavy atom. The Morgan fingerprint density at radius 2 is 1.84 bits per heavy atom. The Balaban J connectivity index is 1.97. The maximum atomic E-state index is 14.9. The highest BCUT2D eigenvalue weighted by atomic mass is 19.1. The van der Waals surface area contributed by atoms with Crippen LogP contribution in [0.5, 0.6) is 11.5 Å². The zero-order chi connectivity index (χ0) is 27.2. The van der Waals surface area contributed by atoms with Crippen molar-refractivity contribution in [2.45, 2.75) is 39.7 Å². The van der Waals surface area contributed by atoms with Crippen LogP contribution < -0.4 is 9.47 Å². The number of methoxy groups -OCH3 is 3. The van der Waals surface area contributed by atoms with E-state index < -0.39 is 17.8 Å². The number of amides is 2. The van der Waals surface area contributed by atoms with E-state index in [9.17, 15) is 14.0 Å².